The maximum absolute atomic E-state index is 5.98. The van der Waals surface area contributed by atoms with Crippen LogP contribution >= 0.6 is 27.5 Å². The van der Waals surface area contributed by atoms with Crippen LogP contribution in [0.25, 0.3) is 11.5 Å². The number of hydrogen-bond donors (Lipinski definition) is 1. The Bertz CT molecular complexity index is 598. The lowest BCUT2D eigenvalue weighted by Crippen LogP contribution is -2.43. The largest absolute Gasteiger partial charge is 0.334 e. The van der Waals surface area contributed by atoms with E-state index >= 15 is 0 Å². The van der Waals surface area contributed by atoms with Crippen molar-refractivity contribution in [3.8, 4) is 11.5 Å². The second-order valence-corrected chi connectivity index (χ2v) is 5.93. The zero-order chi connectivity index (χ0) is 13.9. The molecule has 1 aliphatic rings. The molecule has 1 aromatic carbocycles. The first kappa shape index (κ1) is 14.0. The highest BCUT2D eigenvalue weighted by Crippen LogP contribution is 2.28. The van der Waals surface area contributed by atoms with Crippen LogP contribution < -0.4 is 5.32 Å². The van der Waals surface area contributed by atoms with Crippen molar-refractivity contribution in [2.75, 3.05) is 26.2 Å². The van der Waals surface area contributed by atoms with Crippen molar-refractivity contribution in [2.45, 2.75) is 6.54 Å². The van der Waals surface area contributed by atoms with Gasteiger partial charge in [0.05, 0.1) is 11.6 Å². The first-order valence-electron chi connectivity index (χ1n) is 6.43. The molecular weight excluding hydrogens is 344 g/mol. The van der Waals surface area contributed by atoms with E-state index in [9.17, 15) is 0 Å². The smallest absolute Gasteiger partial charge is 0.258 e. The first-order chi connectivity index (χ1) is 9.72. The molecule has 0 radical (unpaired) electrons. The average Bonchev–Trinajstić information content (AvgIpc) is 2.91. The van der Waals surface area contributed by atoms with Gasteiger partial charge in [0.25, 0.3) is 5.89 Å². The SMILES string of the molecule is Clc1ccc(-c2nc(CN3CCNCC3)no2)cc1Br. The van der Waals surface area contributed by atoms with Gasteiger partial charge in [-0.25, -0.2) is 0 Å². The molecule has 1 aliphatic heterocycles. The van der Waals surface area contributed by atoms with Gasteiger partial charge in [0, 0.05) is 36.2 Å². The highest BCUT2D eigenvalue weighted by molar-refractivity contribution is 9.10. The minimum atomic E-state index is 0.521. The van der Waals surface area contributed by atoms with Crippen LogP contribution in [0.4, 0.5) is 0 Å². The summed E-state index contributed by atoms with van der Waals surface area (Å²) in [5.41, 5.74) is 0.861. The molecule has 0 aliphatic carbocycles. The topological polar surface area (TPSA) is 54.2 Å². The van der Waals surface area contributed by atoms with E-state index in [0.29, 0.717) is 16.7 Å². The van der Waals surface area contributed by atoms with Crippen LogP contribution in [-0.4, -0.2) is 41.2 Å². The van der Waals surface area contributed by atoms with Gasteiger partial charge in [0.2, 0.25) is 0 Å². The number of halogens is 2. The molecule has 0 bridgehead atoms. The van der Waals surface area contributed by atoms with Gasteiger partial charge in [-0.2, -0.15) is 4.98 Å². The Labute approximate surface area is 130 Å². The summed E-state index contributed by atoms with van der Waals surface area (Å²) in [6.45, 7) is 4.76. The number of nitrogens with one attached hydrogen (secondary N) is 1. The summed E-state index contributed by atoms with van der Waals surface area (Å²) in [4.78, 5) is 6.75. The molecule has 1 aromatic heterocycles. The fraction of sp³-hybridized carbons (Fsp3) is 0.385. The molecular formula is C13H14BrClN4O. The van der Waals surface area contributed by atoms with Gasteiger partial charge in [-0.05, 0) is 34.1 Å². The Morgan fingerprint density at radius 3 is 2.90 bits per heavy atom. The van der Waals surface area contributed by atoms with Crippen molar-refractivity contribution in [1.29, 1.82) is 0 Å². The second-order valence-electron chi connectivity index (χ2n) is 4.67. The minimum Gasteiger partial charge on any atom is -0.334 e. The van der Waals surface area contributed by atoms with Crippen molar-refractivity contribution >= 4 is 27.5 Å². The molecule has 0 saturated carbocycles. The highest BCUT2D eigenvalue weighted by Gasteiger charge is 2.15. The van der Waals surface area contributed by atoms with Crippen LogP contribution in [0.5, 0.6) is 0 Å². The predicted octanol–water partition coefficient (Wildman–Crippen LogP) is 2.56. The van der Waals surface area contributed by atoms with E-state index in [1.165, 1.54) is 0 Å². The molecule has 0 atom stereocenters. The van der Waals surface area contributed by atoms with Gasteiger partial charge in [-0.3, -0.25) is 4.90 Å². The standard InChI is InChI=1S/C13H14BrClN4O/c14-10-7-9(1-2-11(10)15)13-17-12(18-20-13)8-19-5-3-16-4-6-19/h1-2,7,16H,3-6,8H2. The summed E-state index contributed by atoms with van der Waals surface area (Å²) in [7, 11) is 0. The maximum atomic E-state index is 5.98. The fourth-order valence-corrected chi connectivity index (χ4v) is 2.63. The van der Waals surface area contributed by atoms with Crippen LogP contribution in [0.1, 0.15) is 5.82 Å². The van der Waals surface area contributed by atoms with Crippen molar-refractivity contribution in [1.82, 2.24) is 20.4 Å². The molecule has 7 heteroatoms. The molecule has 1 fully saturated rings. The van der Waals surface area contributed by atoms with E-state index in [4.69, 9.17) is 16.1 Å². The minimum absolute atomic E-state index is 0.521. The Hall–Kier alpha value is -0.950. The summed E-state index contributed by atoms with van der Waals surface area (Å²) in [5.74, 6) is 1.24. The molecule has 1 N–H and O–H groups in total. The zero-order valence-electron chi connectivity index (χ0n) is 10.8. The maximum Gasteiger partial charge on any atom is 0.258 e. The van der Waals surface area contributed by atoms with Crippen LogP contribution in [0.2, 0.25) is 5.02 Å². The van der Waals surface area contributed by atoms with Gasteiger partial charge in [0.1, 0.15) is 0 Å². The van der Waals surface area contributed by atoms with Crippen molar-refractivity contribution in [2.24, 2.45) is 0 Å². The third-order valence-corrected chi connectivity index (χ3v) is 4.42. The number of nitrogens with zero attached hydrogens (tertiary/aromatic N) is 3. The third kappa shape index (κ3) is 3.20. The van der Waals surface area contributed by atoms with E-state index < -0.39 is 0 Å². The molecule has 2 heterocycles. The Kier molecular flexibility index (Phi) is 4.35. The lowest BCUT2D eigenvalue weighted by molar-refractivity contribution is 0.225. The van der Waals surface area contributed by atoms with Crippen molar-refractivity contribution in [3.63, 3.8) is 0 Å². The molecule has 1 saturated heterocycles. The van der Waals surface area contributed by atoms with E-state index in [1.807, 2.05) is 12.1 Å². The van der Waals surface area contributed by atoms with Crippen LogP contribution in [0.3, 0.4) is 0 Å². The van der Waals surface area contributed by atoms with E-state index in [-0.39, 0.29) is 0 Å². The van der Waals surface area contributed by atoms with Crippen molar-refractivity contribution in [3.05, 3.63) is 33.5 Å². The van der Waals surface area contributed by atoms with Gasteiger partial charge < -0.3 is 9.84 Å². The molecule has 2 aromatic rings. The van der Waals surface area contributed by atoms with Crippen LogP contribution in [-0.2, 0) is 6.54 Å². The molecule has 0 spiro atoms. The van der Waals surface area contributed by atoms with Gasteiger partial charge in [0.15, 0.2) is 5.82 Å². The zero-order valence-corrected chi connectivity index (χ0v) is 13.1. The normalized spacial score (nSPS) is 16.5. The monoisotopic (exact) mass is 356 g/mol. The predicted molar refractivity (Wildman–Crippen MR) is 80.6 cm³/mol. The lowest BCUT2D eigenvalue weighted by atomic mass is 10.2. The Morgan fingerprint density at radius 2 is 2.15 bits per heavy atom. The number of aromatic nitrogens is 2. The quantitative estimate of drug-likeness (QED) is 0.915. The van der Waals surface area contributed by atoms with Gasteiger partial charge >= 0.3 is 0 Å². The fourth-order valence-electron chi connectivity index (χ4n) is 2.13. The van der Waals surface area contributed by atoms with E-state index in [0.717, 1.165) is 42.8 Å². The van der Waals surface area contributed by atoms with E-state index in [2.05, 4.69) is 36.3 Å². The summed E-state index contributed by atoms with van der Waals surface area (Å²) in [6.07, 6.45) is 0. The molecule has 106 valence electrons. The average molecular weight is 358 g/mol. The molecule has 5 nitrogen and oxygen atoms in total. The first-order valence-corrected chi connectivity index (χ1v) is 7.60. The van der Waals surface area contributed by atoms with Crippen LogP contribution in [0.15, 0.2) is 27.2 Å². The molecule has 0 amide bonds. The Balaban J connectivity index is 1.73. The summed E-state index contributed by atoms with van der Waals surface area (Å²) in [6, 6.07) is 5.56. The molecule has 3 rings (SSSR count). The van der Waals surface area contributed by atoms with Crippen LogP contribution in [0, 0.1) is 0 Å². The second kappa shape index (κ2) is 6.22. The third-order valence-electron chi connectivity index (χ3n) is 3.21. The Morgan fingerprint density at radius 1 is 1.35 bits per heavy atom. The number of hydrogen-bond acceptors (Lipinski definition) is 5. The molecule has 0 unspecified atom stereocenters. The summed E-state index contributed by atoms with van der Waals surface area (Å²) >= 11 is 9.37. The number of benzene rings is 1. The molecule has 20 heavy (non-hydrogen) atoms. The van der Waals surface area contributed by atoms with Gasteiger partial charge in [-0.1, -0.05) is 16.8 Å². The van der Waals surface area contributed by atoms with E-state index in [1.54, 1.807) is 6.07 Å². The van der Waals surface area contributed by atoms with Gasteiger partial charge in [-0.15, -0.1) is 0 Å². The summed E-state index contributed by atoms with van der Waals surface area (Å²) < 4.78 is 6.14. The summed E-state index contributed by atoms with van der Waals surface area (Å²) in [5, 5.41) is 8.02. The number of rotatable bonds is 3. The lowest BCUT2D eigenvalue weighted by Gasteiger charge is -2.25. The number of piperazine rings is 1. The highest BCUT2D eigenvalue weighted by atomic mass is 79.9. The van der Waals surface area contributed by atoms with Crippen molar-refractivity contribution < 1.29 is 4.52 Å².